The molecule has 2 aromatic rings. The summed E-state index contributed by atoms with van der Waals surface area (Å²) in [6.45, 7) is 8.10. The van der Waals surface area contributed by atoms with Crippen molar-refractivity contribution in [2.75, 3.05) is 45.8 Å². The predicted octanol–water partition coefficient (Wildman–Crippen LogP) is 4.32. The Bertz CT molecular complexity index is 1100. The number of carbonyl (C=O) groups excluding carboxylic acids is 2. The van der Waals surface area contributed by atoms with Gasteiger partial charge < -0.3 is 15.1 Å². The smallest absolute Gasteiger partial charge is 0.228 e. The molecule has 5 rings (SSSR count). The zero-order valence-corrected chi connectivity index (χ0v) is 23.9. The number of hydrogen-bond donors (Lipinski definition) is 1. The summed E-state index contributed by atoms with van der Waals surface area (Å²) in [5.74, 6) is 0.103. The van der Waals surface area contributed by atoms with Crippen LogP contribution in [0.4, 0.5) is 0 Å². The molecule has 0 spiro atoms. The van der Waals surface area contributed by atoms with Crippen molar-refractivity contribution in [3.8, 4) is 0 Å². The number of nitrogens with zero attached hydrogens (tertiary/aromatic N) is 4. The van der Waals surface area contributed by atoms with Gasteiger partial charge in [-0.1, -0.05) is 49.9 Å². The highest BCUT2D eigenvalue weighted by Gasteiger charge is 2.44. The molecule has 39 heavy (non-hydrogen) atoms. The largest absolute Gasteiger partial charge is 0.341 e. The molecule has 8 heteroatoms. The van der Waals surface area contributed by atoms with E-state index >= 15 is 0 Å². The SMILES string of the molecule is CCC(=O)N1C[C@H](C(=O)N2CCN(C3(CNCc4ccncc4)CCCCC3)CC2)[C@@H](c2ccc(Cl)cc2)C1. The van der Waals surface area contributed by atoms with Crippen LogP contribution in [0.25, 0.3) is 0 Å². The maximum absolute atomic E-state index is 13.9. The number of aromatic nitrogens is 1. The summed E-state index contributed by atoms with van der Waals surface area (Å²) in [5, 5.41) is 4.42. The fourth-order valence-corrected chi connectivity index (χ4v) is 7.05. The van der Waals surface area contributed by atoms with Crippen LogP contribution in [0.2, 0.25) is 5.02 Å². The second-order valence-electron chi connectivity index (χ2n) is 11.5. The zero-order valence-electron chi connectivity index (χ0n) is 23.2. The van der Waals surface area contributed by atoms with Crippen molar-refractivity contribution in [2.24, 2.45) is 5.92 Å². The Balaban J connectivity index is 1.23. The van der Waals surface area contributed by atoms with E-state index in [4.69, 9.17) is 11.6 Å². The van der Waals surface area contributed by atoms with Gasteiger partial charge in [-0.05, 0) is 48.2 Å². The topological polar surface area (TPSA) is 68.8 Å². The fraction of sp³-hybridized carbons (Fsp3) is 0.581. The Hall–Kier alpha value is -2.48. The van der Waals surface area contributed by atoms with E-state index in [1.54, 1.807) is 0 Å². The number of piperazine rings is 1. The van der Waals surface area contributed by atoms with Gasteiger partial charge in [0.25, 0.3) is 0 Å². The quantitative estimate of drug-likeness (QED) is 0.529. The third-order valence-corrected chi connectivity index (χ3v) is 9.42. The van der Waals surface area contributed by atoms with Gasteiger partial charge in [-0.15, -0.1) is 0 Å². The molecular formula is C31H42ClN5O2. The first-order valence-corrected chi connectivity index (χ1v) is 15.0. The Morgan fingerprint density at radius 1 is 0.949 bits per heavy atom. The van der Waals surface area contributed by atoms with Crippen LogP contribution >= 0.6 is 11.6 Å². The second-order valence-corrected chi connectivity index (χ2v) is 11.9. The van der Waals surface area contributed by atoms with Crippen molar-refractivity contribution in [3.05, 3.63) is 64.9 Å². The van der Waals surface area contributed by atoms with E-state index in [0.29, 0.717) is 24.5 Å². The molecule has 3 heterocycles. The molecular weight excluding hydrogens is 510 g/mol. The van der Waals surface area contributed by atoms with Crippen molar-refractivity contribution >= 4 is 23.4 Å². The summed E-state index contributed by atoms with van der Waals surface area (Å²) in [7, 11) is 0. The van der Waals surface area contributed by atoms with E-state index in [9.17, 15) is 9.59 Å². The van der Waals surface area contributed by atoms with Crippen LogP contribution in [-0.4, -0.2) is 82.9 Å². The molecule has 0 radical (unpaired) electrons. The Kier molecular flexibility index (Phi) is 9.21. The summed E-state index contributed by atoms with van der Waals surface area (Å²) >= 11 is 6.14. The lowest BCUT2D eigenvalue weighted by Gasteiger charge is -2.50. The molecule has 1 saturated carbocycles. The Morgan fingerprint density at radius 3 is 2.31 bits per heavy atom. The lowest BCUT2D eigenvalue weighted by atomic mass is 9.79. The number of nitrogens with one attached hydrogen (secondary N) is 1. The lowest BCUT2D eigenvalue weighted by molar-refractivity contribution is -0.139. The third kappa shape index (κ3) is 6.47. The minimum atomic E-state index is -0.209. The Morgan fingerprint density at radius 2 is 1.64 bits per heavy atom. The van der Waals surface area contributed by atoms with Gasteiger partial charge in [0, 0.05) is 87.7 Å². The molecule has 3 aliphatic rings. The van der Waals surface area contributed by atoms with Gasteiger partial charge in [0.15, 0.2) is 0 Å². The van der Waals surface area contributed by atoms with E-state index in [1.165, 1.54) is 37.7 Å². The summed E-state index contributed by atoms with van der Waals surface area (Å²) < 4.78 is 0. The van der Waals surface area contributed by atoms with Crippen LogP contribution in [0.3, 0.4) is 0 Å². The summed E-state index contributed by atoms with van der Waals surface area (Å²) in [6, 6.07) is 11.9. The van der Waals surface area contributed by atoms with Gasteiger partial charge in [-0.2, -0.15) is 0 Å². The molecule has 0 unspecified atom stereocenters. The number of benzene rings is 1. The van der Waals surface area contributed by atoms with Gasteiger partial charge in [0.05, 0.1) is 5.92 Å². The Labute approximate surface area is 237 Å². The number of halogens is 1. The predicted molar refractivity (Wildman–Crippen MR) is 154 cm³/mol. The van der Waals surface area contributed by atoms with Crippen LogP contribution in [0.15, 0.2) is 48.8 Å². The van der Waals surface area contributed by atoms with Gasteiger partial charge in [0.2, 0.25) is 11.8 Å². The monoisotopic (exact) mass is 551 g/mol. The van der Waals surface area contributed by atoms with E-state index in [1.807, 2.05) is 48.5 Å². The van der Waals surface area contributed by atoms with Crippen LogP contribution in [0.5, 0.6) is 0 Å². The van der Waals surface area contributed by atoms with Crippen LogP contribution in [0, 0.1) is 5.92 Å². The van der Waals surface area contributed by atoms with E-state index in [-0.39, 0.29) is 29.2 Å². The number of pyridine rings is 1. The molecule has 0 bridgehead atoms. The highest BCUT2D eigenvalue weighted by Crippen LogP contribution is 2.37. The van der Waals surface area contributed by atoms with Crippen molar-refractivity contribution < 1.29 is 9.59 Å². The first-order chi connectivity index (χ1) is 19.0. The van der Waals surface area contributed by atoms with Crippen molar-refractivity contribution in [1.29, 1.82) is 0 Å². The minimum Gasteiger partial charge on any atom is -0.341 e. The summed E-state index contributed by atoms with van der Waals surface area (Å²) in [4.78, 5) is 37.2. The van der Waals surface area contributed by atoms with Crippen molar-refractivity contribution in [1.82, 2.24) is 25.0 Å². The van der Waals surface area contributed by atoms with Crippen molar-refractivity contribution in [3.63, 3.8) is 0 Å². The van der Waals surface area contributed by atoms with Gasteiger partial charge in [-0.3, -0.25) is 19.5 Å². The van der Waals surface area contributed by atoms with Crippen LogP contribution in [0.1, 0.15) is 62.5 Å². The lowest BCUT2D eigenvalue weighted by Crippen LogP contribution is -2.62. The van der Waals surface area contributed by atoms with Crippen molar-refractivity contribution in [2.45, 2.75) is 63.5 Å². The molecule has 7 nitrogen and oxygen atoms in total. The fourth-order valence-electron chi connectivity index (χ4n) is 6.92. The highest BCUT2D eigenvalue weighted by atomic mass is 35.5. The first-order valence-electron chi connectivity index (χ1n) is 14.7. The molecule has 2 aliphatic heterocycles. The molecule has 2 saturated heterocycles. The van der Waals surface area contributed by atoms with Gasteiger partial charge in [-0.25, -0.2) is 0 Å². The molecule has 1 aliphatic carbocycles. The molecule has 2 amide bonds. The minimum absolute atomic E-state index is 0.00497. The summed E-state index contributed by atoms with van der Waals surface area (Å²) in [6.07, 6.45) is 10.4. The molecule has 1 N–H and O–H groups in total. The third-order valence-electron chi connectivity index (χ3n) is 9.17. The highest BCUT2D eigenvalue weighted by molar-refractivity contribution is 6.30. The molecule has 210 valence electrons. The maximum atomic E-state index is 13.9. The summed E-state index contributed by atoms with van der Waals surface area (Å²) in [5.41, 5.74) is 2.50. The number of likely N-dealkylation sites (tertiary alicyclic amines) is 1. The average molecular weight is 552 g/mol. The zero-order chi connectivity index (χ0) is 27.2. The molecule has 3 fully saturated rings. The van der Waals surface area contributed by atoms with Crippen LogP contribution < -0.4 is 5.32 Å². The molecule has 1 aromatic heterocycles. The second kappa shape index (κ2) is 12.8. The molecule has 1 aromatic carbocycles. The van der Waals surface area contributed by atoms with E-state index < -0.39 is 0 Å². The number of hydrogen-bond acceptors (Lipinski definition) is 5. The maximum Gasteiger partial charge on any atom is 0.228 e. The first kappa shape index (κ1) is 28.1. The normalized spacial score (nSPS) is 23.6. The average Bonchev–Trinajstić information content (AvgIpc) is 3.43. The molecule has 2 atom stereocenters. The van der Waals surface area contributed by atoms with Gasteiger partial charge >= 0.3 is 0 Å². The number of carbonyl (C=O) groups is 2. The van der Waals surface area contributed by atoms with E-state index in [0.717, 1.165) is 44.8 Å². The number of rotatable bonds is 8. The van der Waals surface area contributed by atoms with Gasteiger partial charge in [0.1, 0.15) is 0 Å². The van der Waals surface area contributed by atoms with Crippen LogP contribution in [-0.2, 0) is 16.1 Å². The van der Waals surface area contributed by atoms with E-state index in [2.05, 4.69) is 32.2 Å². The number of amides is 2. The standard InChI is InChI=1S/C31H42ClN5O2/c1-2-29(38)36-21-27(25-6-8-26(32)9-7-25)28(22-36)30(39)35-16-18-37(19-17-35)31(12-4-3-5-13-31)23-34-20-24-10-14-33-15-11-24/h6-11,14-15,27-28,34H,2-5,12-13,16-23H2,1H3/t27-,28+/m1/s1.